The highest BCUT2D eigenvalue weighted by Crippen LogP contribution is 2.21. The van der Waals surface area contributed by atoms with Gasteiger partial charge in [0.25, 0.3) is 5.95 Å². The molecule has 1 unspecified atom stereocenters. The van der Waals surface area contributed by atoms with Crippen molar-refractivity contribution < 1.29 is 9.26 Å². The maximum atomic E-state index is 6.12. The molecule has 0 aromatic carbocycles. The second-order valence-corrected chi connectivity index (χ2v) is 6.32. The fourth-order valence-corrected chi connectivity index (χ4v) is 2.30. The van der Waals surface area contributed by atoms with Gasteiger partial charge >= 0.3 is 0 Å². The highest BCUT2D eigenvalue weighted by Gasteiger charge is 2.20. The minimum Gasteiger partial charge on any atom is -0.378 e. The SMILES string of the molecule is CC(C)(C)CC(N)Cc1nc(N2CCOCC2)no1. The Kier molecular flexibility index (Phi) is 4.42. The van der Waals surface area contributed by atoms with E-state index >= 15 is 0 Å². The van der Waals surface area contributed by atoms with Crippen LogP contribution in [-0.2, 0) is 11.2 Å². The third-order valence-electron chi connectivity index (χ3n) is 3.06. The molecule has 1 aliphatic rings. The van der Waals surface area contributed by atoms with E-state index in [9.17, 15) is 0 Å². The summed E-state index contributed by atoms with van der Waals surface area (Å²) in [6.07, 6.45) is 1.57. The van der Waals surface area contributed by atoms with Crippen LogP contribution in [0.2, 0.25) is 0 Å². The maximum absolute atomic E-state index is 6.12. The van der Waals surface area contributed by atoms with E-state index in [1.807, 2.05) is 0 Å². The number of aromatic nitrogens is 2. The van der Waals surface area contributed by atoms with E-state index in [4.69, 9.17) is 15.0 Å². The van der Waals surface area contributed by atoms with Crippen molar-refractivity contribution in [2.75, 3.05) is 31.2 Å². The van der Waals surface area contributed by atoms with Gasteiger partial charge in [0.1, 0.15) is 0 Å². The quantitative estimate of drug-likeness (QED) is 0.884. The number of anilines is 1. The Morgan fingerprint density at radius 1 is 1.32 bits per heavy atom. The maximum Gasteiger partial charge on any atom is 0.266 e. The minimum atomic E-state index is 0.0537. The molecule has 1 aromatic rings. The van der Waals surface area contributed by atoms with E-state index in [-0.39, 0.29) is 11.5 Å². The standard InChI is InChI=1S/C13H24N4O2/c1-13(2,3)9-10(14)8-11-15-12(16-19-11)17-4-6-18-7-5-17/h10H,4-9,14H2,1-3H3. The molecule has 2 N–H and O–H groups in total. The molecular formula is C13H24N4O2. The summed E-state index contributed by atoms with van der Waals surface area (Å²) in [5.41, 5.74) is 6.33. The van der Waals surface area contributed by atoms with Crippen LogP contribution in [0.1, 0.15) is 33.1 Å². The predicted octanol–water partition coefficient (Wildman–Crippen LogP) is 1.21. The Morgan fingerprint density at radius 2 is 2.00 bits per heavy atom. The highest BCUT2D eigenvalue weighted by molar-refractivity contribution is 5.28. The lowest BCUT2D eigenvalue weighted by Gasteiger charge is -2.24. The van der Waals surface area contributed by atoms with Crippen molar-refractivity contribution >= 4 is 5.95 Å². The van der Waals surface area contributed by atoms with Crippen LogP contribution in [0.5, 0.6) is 0 Å². The molecule has 0 bridgehead atoms. The van der Waals surface area contributed by atoms with Gasteiger partial charge in [0.2, 0.25) is 5.89 Å². The molecule has 1 saturated heterocycles. The molecule has 1 aliphatic heterocycles. The first-order valence-corrected chi connectivity index (χ1v) is 6.85. The number of morpholine rings is 1. The lowest BCUT2D eigenvalue weighted by atomic mass is 9.87. The summed E-state index contributed by atoms with van der Waals surface area (Å²) in [5.74, 6) is 1.28. The van der Waals surface area contributed by atoms with Gasteiger partial charge in [-0.25, -0.2) is 0 Å². The zero-order valence-electron chi connectivity index (χ0n) is 12.1. The highest BCUT2D eigenvalue weighted by atomic mass is 16.5. The molecule has 108 valence electrons. The second kappa shape index (κ2) is 5.88. The number of hydrogen-bond acceptors (Lipinski definition) is 6. The summed E-state index contributed by atoms with van der Waals surface area (Å²) in [7, 11) is 0. The number of hydrogen-bond donors (Lipinski definition) is 1. The van der Waals surface area contributed by atoms with Crippen LogP contribution < -0.4 is 10.6 Å². The van der Waals surface area contributed by atoms with Gasteiger partial charge in [-0.2, -0.15) is 4.98 Å². The third-order valence-corrected chi connectivity index (χ3v) is 3.06. The van der Waals surface area contributed by atoms with E-state index < -0.39 is 0 Å². The molecule has 1 atom stereocenters. The smallest absolute Gasteiger partial charge is 0.266 e. The summed E-state index contributed by atoms with van der Waals surface area (Å²) in [5, 5.41) is 4.02. The van der Waals surface area contributed by atoms with Crippen molar-refractivity contribution in [1.29, 1.82) is 0 Å². The summed E-state index contributed by atoms with van der Waals surface area (Å²) in [6.45, 7) is 9.60. The molecule has 6 nitrogen and oxygen atoms in total. The Morgan fingerprint density at radius 3 is 2.63 bits per heavy atom. The molecule has 0 amide bonds. The topological polar surface area (TPSA) is 77.4 Å². The molecule has 2 rings (SSSR count). The molecular weight excluding hydrogens is 244 g/mol. The Hall–Kier alpha value is -1.14. The zero-order chi connectivity index (χ0) is 13.9. The number of nitrogens with zero attached hydrogens (tertiary/aromatic N) is 3. The van der Waals surface area contributed by atoms with Crippen molar-refractivity contribution in [2.24, 2.45) is 11.1 Å². The first-order chi connectivity index (χ1) is 8.94. The van der Waals surface area contributed by atoms with Crippen LogP contribution in [0, 0.1) is 5.41 Å². The van der Waals surface area contributed by atoms with E-state index in [0.717, 1.165) is 19.5 Å². The van der Waals surface area contributed by atoms with Crippen molar-refractivity contribution in [2.45, 2.75) is 39.7 Å². The summed E-state index contributed by atoms with van der Waals surface area (Å²) >= 11 is 0. The number of rotatable bonds is 4. The normalized spacial score (nSPS) is 18.6. The van der Waals surface area contributed by atoms with Gasteiger partial charge in [-0.05, 0) is 17.0 Å². The fraction of sp³-hybridized carbons (Fsp3) is 0.846. The number of ether oxygens (including phenoxy) is 1. The third kappa shape index (κ3) is 4.47. The predicted molar refractivity (Wildman–Crippen MR) is 73.1 cm³/mol. The molecule has 2 heterocycles. The van der Waals surface area contributed by atoms with Crippen LogP contribution >= 0.6 is 0 Å². The van der Waals surface area contributed by atoms with Crippen molar-refractivity contribution in [3.63, 3.8) is 0 Å². The van der Waals surface area contributed by atoms with Crippen molar-refractivity contribution in [3.8, 4) is 0 Å². The minimum absolute atomic E-state index is 0.0537. The van der Waals surface area contributed by atoms with Crippen LogP contribution in [-0.4, -0.2) is 42.5 Å². The Balaban J connectivity index is 1.89. The van der Waals surface area contributed by atoms with Crippen LogP contribution in [0.3, 0.4) is 0 Å². The molecule has 0 spiro atoms. The van der Waals surface area contributed by atoms with Crippen molar-refractivity contribution in [1.82, 2.24) is 10.1 Å². The fourth-order valence-electron chi connectivity index (χ4n) is 2.30. The average Bonchev–Trinajstić information content (AvgIpc) is 2.76. The van der Waals surface area contributed by atoms with Gasteiger partial charge in [-0.1, -0.05) is 20.8 Å². The van der Waals surface area contributed by atoms with Crippen LogP contribution in [0.15, 0.2) is 4.52 Å². The van der Waals surface area contributed by atoms with E-state index in [1.165, 1.54) is 0 Å². The van der Waals surface area contributed by atoms with Gasteiger partial charge in [0.05, 0.1) is 13.2 Å². The summed E-state index contributed by atoms with van der Waals surface area (Å²) in [6, 6.07) is 0.0537. The van der Waals surface area contributed by atoms with Gasteiger partial charge in [0, 0.05) is 25.6 Å². The molecule has 0 radical (unpaired) electrons. The number of nitrogens with two attached hydrogens (primary N) is 1. The molecule has 1 aromatic heterocycles. The van der Waals surface area contributed by atoms with Crippen LogP contribution in [0.4, 0.5) is 5.95 Å². The van der Waals surface area contributed by atoms with Crippen molar-refractivity contribution in [3.05, 3.63) is 5.89 Å². The first kappa shape index (κ1) is 14.3. The molecule has 1 fully saturated rings. The summed E-state index contributed by atoms with van der Waals surface area (Å²) < 4.78 is 10.6. The molecule has 6 heteroatoms. The van der Waals surface area contributed by atoms with Crippen LogP contribution in [0.25, 0.3) is 0 Å². The molecule has 0 saturated carbocycles. The average molecular weight is 268 g/mol. The van der Waals surface area contributed by atoms with Gasteiger partial charge in [-0.3, -0.25) is 0 Å². The summed E-state index contributed by atoms with van der Waals surface area (Å²) in [4.78, 5) is 6.49. The van der Waals surface area contributed by atoms with Gasteiger partial charge in [0.15, 0.2) is 0 Å². The molecule has 19 heavy (non-hydrogen) atoms. The van der Waals surface area contributed by atoms with Gasteiger partial charge in [-0.15, -0.1) is 0 Å². The van der Waals surface area contributed by atoms with E-state index in [0.29, 0.717) is 31.5 Å². The largest absolute Gasteiger partial charge is 0.378 e. The second-order valence-electron chi connectivity index (χ2n) is 6.32. The molecule has 0 aliphatic carbocycles. The van der Waals surface area contributed by atoms with E-state index in [1.54, 1.807) is 0 Å². The Labute approximate surface area is 114 Å². The zero-order valence-corrected chi connectivity index (χ0v) is 12.1. The Bertz CT molecular complexity index is 394. The monoisotopic (exact) mass is 268 g/mol. The van der Waals surface area contributed by atoms with E-state index in [2.05, 4.69) is 35.8 Å². The first-order valence-electron chi connectivity index (χ1n) is 6.85. The lowest BCUT2D eigenvalue weighted by Crippen LogP contribution is -2.36. The lowest BCUT2D eigenvalue weighted by molar-refractivity contribution is 0.121. The van der Waals surface area contributed by atoms with Gasteiger partial charge < -0.3 is 19.9 Å².